The van der Waals surface area contributed by atoms with E-state index in [1.54, 1.807) is 0 Å². The maximum absolute atomic E-state index is 11.9. The van der Waals surface area contributed by atoms with Crippen LogP contribution in [0.1, 0.15) is 85.1 Å². The van der Waals surface area contributed by atoms with Gasteiger partial charge in [0.25, 0.3) is 0 Å². The molecule has 1 aromatic carbocycles. The zero-order valence-electron chi connectivity index (χ0n) is 20.4. The lowest BCUT2D eigenvalue weighted by Gasteiger charge is -2.04. The number of carbonyl (C=O) groups excluding carboxylic acids is 1. The van der Waals surface area contributed by atoms with Gasteiger partial charge in [-0.05, 0) is 91.2 Å². The molecule has 0 amide bonds. The van der Waals surface area contributed by atoms with Crippen LogP contribution < -0.4 is 0 Å². The first-order chi connectivity index (χ1) is 14.9. The van der Waals surface area contributed by atoms with Crippen LogP contribution in [0, 0.1) is 0 Å². The van der Waals surface area contributed by atoms with Crippen LogP contribution in [-0.2, 0) is 16.0 Å². The van der Waals surface area contributed by atoms with E-state index in [2.05, 4.69) is 52.8 Å². The lowest BCUT2D eigenvalue weighted by atomic mass is 10.0. The normalized spacial score (nSPS) is 12.6. The second kappa shape index (κ2) is 16.4. The molecule has 0 unspecified atom stereocenters. The molecule has 0 saturated carbocycles. The molecule has 2 nitrogen and oxygen atoms in total. The summed E-state index contributed by atoms with van der Waals surface area (Å²) in [5.41, 5.74) is 6.78. The van der Waals surface area contributed by atoms with Crippen molar-refractivity contribution in [2.75, 3.05) is 6.61 Å². The summed E-state index contributed by atoms with van der Waals surface area (Å²) in [6, 6.07) is 10.0. The maximum atomic E-state index is 11.9. The van der Waals surface area contributed by atoms with E-state index >= 15 is 0 Å². The van der Waals surface area contributed by atoms with Gasteiger partial charge in [-0.15, -0.1) is 0 Å². The largest absolute Gasteiger partial charge is 0.461 e. The Bertz CT molecular complexity index is 759. The highest BCUT2D eigenvalue weighted by molar-refractivity contribution is 5.69. The standard InChI is InChI=1S/C29H42O2/c1-24(2)12-9-13-25(3)14-10-15-26(4)16-11-17-27(5)22-23-31-29(30)21-20-28-18-7-6-8-19-28/h6-8,12,14,16,18-19,22H,9-11,13,15,17,20-21,23H2,1-5H3/b25-14+,26-16+,27-22+. The summed E-state index contributed by atoms with van der Waals surface area (Å²) >= 11 is 0. The van der Waals surface area contributed by atoms with E-state index in [4.69, 9.17) is 4.74 Å². The quantitative estimate of drug-likeness (QED) is 0.222. The van der Waals surface area contributed by atoms with E-state index in [9.17, 15) is 4.79 Å². The minimum atomic E-state index is -0.132. The van der Waals surface area contributed by atoms with Crippen molar-refractivity contribution in [1.82, 2.24) is 0 Å². The lowest BCUT2D eigenvalue weighted by Crippen LogP contribution is -2.06. The van der Waals surface area contributed by atoms with Gasteiger partial charge in [-0.25, -0.2) is 0 Å². The van der Waals surface area contributed by atoms with Gasteiger partial charge in [0.2, 0.25) is 0 Å². The second-order valence-electron chi connectivity index (χ2n) is 8.72. The van der Waals surface area contributed by atoms with Crippen molar-refractivity contribution < 1.29 is 9.53 Å². The molecule has 0 saturated heterocycles. The van der Waals surface area contributed by atoms with Crippen LogP contribution in [0.25, 0.3) is 0 Å². The first kappa shape index (κ1) is 26.7. The molecule has 0 fully saturated rings. The molecular weight excluding hydrogens is 380 g/mol. The fraction of sp³-hybridized carbons (Fsp3) is 0.483. The number of allylic oxidation sites excluding steroid dienone is 7. The van der Waals surface area contributed by atoms with Gasteiger partial charge in [-0.1, -0.05) is 70.9 Å². The highest BCUT2D eigenvalue weighted by Gasteiger charge is 2.02. The molecule has 1 aromatic rings. The Morgan fingerprint density at radius 3 is 1.77 bits per heavy atom. The molecule has 0 radical (unpaired) electrons. The molecule has 0 aliphatic carbocycles. The SMILES string of the molecule is CC(C)=CCC/C(C)=C/CC/C(C)=C/CC/C(C)=C/COC(=O)CCc1ccccc1. The van der Waals surface area contributed by atoms with E-state index in [0.717, 1.165) is 44.9 Å². The van der Waals surface area contributed by atoms with Crippen molar-refractivity contribution in [1.29, 1.82) is 0 Å². The van der Waals surface area contributed by atoms with Crippen molar-refractivity contribution in [2.45, 2.75) is 86.0 Å². The second-order valence-corrected chi connectivity index (χ2v) is 8.72. The molecule has 0 N–H and O–H groups in total. The van der Waals surface area contributed by atoms with E-state index in [1.165, 1.54) is 27.9 Å². The Morgan fingerprint density at radius 1 is 0.710 bits per heavy atom. The number of ether oxygens (including phenoxy) is 1. The average molecular weight is 423 g/mol. The van der Waals surface area contributed by atoms with Crippen LogP contribution >= 0.6 is 0 Å². The minimum absolute atomic E-state index is 0.132. The van der Waals surface area contributed by atoms with E-state index in [1.807, 2.05) is 36.4 Å². The number of esters is 1. The zero-order valence-corrected chi connectivity index (χ0v) is 20.4. The van der Waals surface area contributed by atoms with Crippen molar-refractivity contribution in [2.24, 2.45) is 0 Å². The molecule has 0 atom stereocenters. The summed E-state index contributed by atoms with van der Waals surface area (Å²) in [6.45, 7) is 11.3. The third kappa shape index (κ3) is 15.2. The van der Waals surface area contributed by atoms with Gasteiger partial charge >= 0.3 is 5.97 Å². The fourth-order valence-electron chi connectivity index (χ4n) is 3.23. The van der Waals surface area contributed by atoms with Gasteiger partial charge < -0.3 is 4.74 Å². The third-order valence-corrected chi connectivity index (χ3v) is 5.29. The number of hydrogen-bond acceptors (Lipinski definition) is 2. The van der Waals surface area contributed by atoms with Gasteiger partial charge in [0, 0.05) is 6.42 Å². The fourth-order valence-corrected chi connectivity index (χ4v) is 3.23. The van der Waals surface area contributed by atoms with Crippen molar-refractivity contribution in [3.63, 3.8) is 0 Å². The molecular formula is C29H42O2. The molecule has 0 aliphatic heterocycles. The summed E-state index contributed by atoms with van der Waals surface area (Å²) in [5.74, 6) is -0.132. The Balaban J connectivity index is 2.18. The summed E-state index contributed by atoms with van der Waals surface area (Å²) in [4.78, 5) is 11.9. The van der Waals surface area contributed by atoms with E-state index < -0.39 is 0 Å². The van der Waals surface area contributed by atoms with E-state index in [0.29, 0.717) is 13.0 Å². The summed E-state index contributed by atoms with van der Waals surface area (Å²) in [6.07, 6.45) is 16.8. The molecule has 0 spiro atoms. The van der Waals surface area contributed by atoms with Crippen molar-refractivity contribution in [3.8, 4) is 0 Å². The molecule has 170 valence electrons. The Hall–Kier alpha value is -2.35. The maximum Gasteiger partial charge on any atom is 0.306 e. The minimum Gasteiger partial charge on any atom is -0.461 e. The highest BCUT2D eigenvalue weighted by atomic mass is 16.5. The predicted molar refractivity (Wildman–Crippen MR) is 134 cm³/mol. The Kier molecular flexibility index (Phi) is 14.1. The first-order valence-corrected chi connectivity index (χ1v) is 11.7. The predicted octanol–water partition coefficient (Wildman–Crippen LogP) is 8.31. The summed E-state index contributed by atoms with van der Waals surface area (Å²) < 4.78 is 5.34. The molecule has 0 aromatic heterocycles. The van der Waals surface area contributed by atoms with Crippen LogP contribution in [0.15, 0.2) is 76.9 Å². The Morgan fingerprint density at radius 2 is 1.23 bits per heavy atom. The topological polar surface area (TPSA) is 26.3 Å². The number of benzene rings is 1. The van der Waals surface area contributed by atoms with Crippen LogP contribution in [0.3, 0.4) is 0 Å². The van der Waals surface area contributed by atoms with Crippen LogP contribution in [0.5, 0.6) is 0 Å². The van der Waals surface area contributed by atoms with Crippen LogP contribution in [0.2, 0.25) is 0 Å². The van der Waals surface area contributed by atoms with E-state index in [-0.39, 0.29) is 5.97 Å². The number of carbonyl (C=O) groups is 1. The number of hydrogen-bond donors (Lipinski definition) is 0. The highest BCUT2D eigenvalue weighted by Crippen LogP contribution is 2.13. The summed E-state index contributed by atoms with van der Waals surface area (Å²) in [5, 5.41) is 0. The lowest BCUT2D eigenvalue weighted by molar-refractivity contribution is -0.142. The Labute approximate surface area is 190 Å². The van der Waals surface area contributed by atoms with Crippen LogP contribution in [0.4, 0.5) is 0 Å². The zero-order chi connectivity index (χ0) is 22.9. The number of aryl methyl sites for hydroxylation is 1. The molecule has 0 bridgehead atoms. The number of rotatable bonds is 14. The van der Waals surface area contributed by atoms with Crippen molar-refractivity contribution >= 4 is 5.97 Å². The molecule has 1 rings (SSSR count). The van der Waals surface area contributed by atoms with Gasteiger partial charge in [0.1, 0.15) is 6.61 Å². The molecule has 0 heterocycles. The van der Waals surface area contributed by atoms with Gasteiger partial charge in [-0.3, -0.25) is 4.79 Å². The summed E-state index contributed by atoms with van der Waals surface area (Å²) in [7, 11) is 0. The van der Waals surface area contributed by atoms with Gasteiger partial charge in [-0.2, -0.15) is 0 Å². The van der Waals surface area contributed by atoms with Gasteiger partial charge in [0.15, 0.2) is 0 Å². The molecule has 31 heavy (non-hydrogen) atoms. The monoisotopic (exact) mass is 422 g/mol. The molecule has 2 heteroatoms. The average Bonchev–Trinajstić information content (AvgIpc) is 2.72. The van der Waals surface area contributed by atoms with Crippen LogP contribution in [-0.4, -0.2) is 12.6 Å². The third-order valence-electron chi connectivity index (χ3n) is 5.29. The van der Waals surface area contributed by atoms with Crippen molar-refractivity contribution in [3.05, 3.63) is 82.5 Å². The first-order valence-electron chi connectivity index (χ1n) is 11.7. The molecule has 0 aliphatic rings. The smallest absolute Gasteiger partial charge is 0.306 e. The van der Waals surface area contributed by atoms with Gasteiger partial charge in [0.05, 0.1) is 0 Å².